The smallest absolute Gasteiger partial charge is 0.341 e. The molecule has 1 aliphatic heterocycles. The van der Waals surface area contributed by atoms with Crippen molar-refractivity contribution in [1.29, 1.82) is 0 Å². The molecular weight excluding hydrogens is 168 g/mol. The van der Waals surface area contributed by atoms with Crippen LogP contribution in [0.4, 0.5) is 0 Å². The van der Waals surface area contributed by atoms with Crippen molar-refractivity contribution in [2.45, 2.75) is 11.7 Å². The number of hydrogen-bond donors (Lipinski definition) is 2. The molecule has 0 spiro atoms. The topological polar surface area (TPSA) is 74.6 Å². The van der Waals surface area contributed by atoms with Gasteiger partial charge in [0.1, 0.15) is 5.25 Å². The van der Waals surface area contributed by atoms with Gasteiger partial charge in [0.25, 0.3) is 0 Å². The fourth-order valence-corrected chi connectivity index (χ4v) is 1.65. The largest absolute Gasteiger partial charge is 0.480 e. The molecule has 0 aromatic carbocycles. The molecule has 0 aromatic rings. The monoisotopic (exact) mass is 174 g/mol. The molecule has 1 atom stereocenters. The summed E-state index contributed by atoms with van der Waals surface area (Å²) in [7, 11) is 0. The Bertz CT molecular complexity index is 233. The van der Waals surface area contributed by atoms with Crippen molar-refractivity contribution in [2.24, 2.45) is 0 Å². The predicted octanol–water partition coefficient (Wildman–Crippen LogP) is 0.545. The second kappa shape index (κ2) is 2.96. The van der Waals surface area contributed by atoms with Crippen molar-refractivity contribution in [3.8, 4) is 0 Å². The van der Waals surface area contributed by atoms with Crippen LogP contribution in [0.15, 0.2) is 11.0 Å². The van der Waals surface area contributed by atoms with Crippen molar-refractivity contribution in [1.82, 2.24) is 0 Å². The summed E-state index contributed by atoms with van der Waals surface area (Å²) in [6.45, 7) is 0. The summed E-state index contributed by atoms with van der Waals surface area (Å²) in [5.74, 6) is -2.00. The highest BCUT2D eigenvalue weighted by Crippen LogP contribution is 2.32. The van der Waals surface area contributed by atoms with E-state index in [-0.39, 0.29) is 4.91 Å². The van der Waals surface area contributed by atoms with E-state index in [1.165, 1.54) is 6.08 Å². The minimum Gasteiger partial charge on any atom is -0.480 e. The Kier molecular flexibility index (Phi) is 2.19. The molecule has 0 radical (unpaired) electrons. The van der Waals surface area contributed by atoms with Crippen LogP contribution in [0.25, 0.3) is 0 Å². The number of carbonyl (C=O) groups is 2. The molecule has 0 saturated heterocycles. The van der Waals surface area contributed by atoms with Crippen molar-refractivity contribution in [2.75, 3.05) is 0 Å². The second-order valence-electron chi connectivity index (χ2n) is 2.05. The first-order valence-electron chi connectivity index (χ1n) is 2.94. The van der Waals surface area contributed by atoms with Crippen LogP contribution in [0.3, 0.4) is 0 Å². The van der Waals surface area contributed by atoms with E-state index in [0.717, 1.165) is 11.8 Å². The lowest BCUT2D eigenvalue weighted by molar-refractivity contribution is -0.136. The lowest BCUT2D eigenvalue weighted by Gasteiger charge is -1.99. The minimum absolute atomic E-state index is 0.136. The molecule has 0 bridgehead atoms. The third-order valence-corrected chi connectivity index (χ3v) is 2.55. The van der Waals surface area contributed by atoms with Gasteiger partial charge in [0.2, 0.25) is 0 Å². The van der Waals surface area contributed by atoms with E-state index in [0.29, 0.717) is 6.42 Å². The number of carboxylic acid groups (broad SMARTS) is 2. The van der Waals surface area contributed by atoms with Crippen LogP contribution in [0.5, 0.6) is 0 Å². The van der Waals surface area contributed by atoms with Crippen molar-refractivity contribution < 1.29 is 19.8 Å². The first kappa shape index (κ1) is 8.13. The van der Waals surface area contributed by atoms with E-state index in [1.54, 1.807) is 0 Å². The van der Waals surface area contributed by atoms with Gasteiger partial charge < -0.3 is 10.2 Å². The molecule has 0 aromatic heterocycles. The molecule has 1 rings (SSSR count). The van der Waals surface area contributed by atoms with Gasteiger partial charge in [-0.1, -0.05) is 6.08 Å². The van der Waals surface area contributed by atoms with Gasteiger partial charge >= 0.3 is 11.9 Å². The Labute approximate surface area is 66.9 Å². The standard InChI is InChI=1S/C6H6O4S/c7-5(8)3-1-2-4(11-3)6(9)10/h1,4H,2H2,(H,7,8)(H,9,10). The fraction of sp³-hybridized carbons (Fsp3) is 0.333. The third kappa shape index (κ3) is 1.74. The van der Waals surface area contributed by atoms with Crippen LogP contribution in [-0.2, 0) is 9.59 Å². The van der Waals surface area contributed by atoms with Crippen LogP contribution in [-0.4, -0.2) is 27.4 Å². The molecule has 60 valence electrons. The Balaban J connectivity index is 2.56. The summed E-state index contributed by atoms with van der Waals surface area (Å²) >= 11 is 0.889. The molecule has 0 aliphatic carbocycles. The highest BCUT2D eigenvalue weighted by Gasteiger charge is 2.27. The zero-order valence-electron chi connectivity index (χ0n) is 5.48. The van der Waals surface area contributed by atoms with Gasteiger partial charge in [0.05, 0.1) is 4.91 Å². The van der Waals surface area contributed by atoms with Gasteiger partial charge in [-0.25, -0.2) is 4.79 Å². The molecule has 4 nitrogen and oxygen atoms in total. The van der Waals surface area contributed by atoms with Crippen LogP contribution in [0.1, 0.15) is 6.42 Å². The van der Waals surface area contributed by atoms with Gasteiger partial charge in [-0.05, 0) is 6.42 Å². The van der Waals surface area contributed by atoms with Crippen molar-refractivity contribution >= 4 is 23.7 Å². The maximum atomic E-state index is 10.3. The van der Waals surface area contributed by atoms with E-state index in [9.17, 15) is 9.59 Å². The number of allylic oxidation sites excluding steroid dienone is 1. The molecule has 5 heteroatoms. The average molecular weight is 174 g/mol. The zero-order valence-corrected chi connectivity index (χ0v) is 6.30. The molecule has 0 fully saturated rings. The Morgan fingerprint density at radius 3 is 2.45 bits per heavy atom. The molecule has 1 heterocycles. The first-order chi connectivity index (χ1) is 5.11. The van der Waals surface area contributed by atoms with Gasteiger partial charge in [0.15, 0.2) is 0 Å². The molecule has 0 amide bonds. The molecule has 11 heavy (non-hydrogen) atoms. The summed E-state index contributed by atoms with van der Waals surface area (Å²) in [6, 6.07) is 0. The quantitative estimate of drug-likeness (QED) is 0.639. The van der Waals surface area contributed by atoms with Gasteiger partial charge in [-0.15, -0.1) is 11.8 Å². The van der Waals surface area contributed by atoms with E-state index in [1.807, 2.05) is 0 Å². The van der Waals surface area contributed by atoms with Crippen molar-refractivity contribution in [3.05, 3.63) is 11.0 Å². The Hall–Kier alpha value is -0.970. The summed E-state index contributed by atoms with van der Waals surface area (Å²) in [4.78, 5) is 20.7. The maximum absolute atomic E-state index is 10.3. The van der Waals surface area contributed by atoms with E-state index in [4.69, 9.17) is 10.2 Å². The van der Waals surface area contributed by atoms with Gasteiger partial charge in [0, 0.05) is 0 Å². The average Bonchev–Trinajstić information content (AvgIpc) is 2.33. The highest BCUT2D eigenvalue weighted by molar-refractivity contribution is 8.05. The van der Waals surface area contributed by atoms with Crippen LogP contribution in [0, 0.1) is 0 Å². The molecule has 1 aliphatic rings. The third-order valence-electron chi connectivity index (χ3n) is 1.27. The summed E-state index contributed by atoms with van der Waals surface area (Å²) < 4.78 is 0. The highest BCUT2D eigenvalue weighted by atomic mass is 32.2. The number of aliphatic carboxylic acids is 2. The second-order valence-corrected chi connectivity index (χ2v) is 3.30. The van der Waals surface area contributed by atoms with Crippen LogP contribution < -0.4 is 0 Å². The lowest BCUT2D eigenvalue weighted by Crippen LogP contribution is -2.12. The number of hydrogen-bond acceptors (Lipinski definition) is 3. The fourth-order valence-electron chi connectivity index (χ4n) is 0.753. The van der Waals surface area contributed by atoms with Gasteiger partial charge in [-0.3, -0.25) is 4.79 Å². The SMILES string of the molecule is O=C(O)C1=CCC(C(=O)O)S1. The Morgan fingerprint density at radius 2 is 2.18 bits per heavy atom. The summed E-state index contributed by atoms with van der Waals surface area (Å²) in [5.41, 5.74) is 0. The normalized spacial score (nSPS) is 22.9. The summed E-state index contributed by atoms with van der Waals surface area (Å²) in [5, 5.41) is 16.3. The van der Waals surface area contributed by atoms with Crippen molar-refractivity contribution in [3.63, 3.8) is 0 Å². The van der Waals surface area contributed by atoms with E-state index < -0.39 is 17.2 Å². The van der Waals surface area contributed by atoms with E-state index in [2.05, 4.69) is 0 Å². The summed E-state index contributed by atoms with van der Waals surface area (Å²) in [6.07, 6.45) is 1.74. The number of rotatable bonds is 2. The maximum Gasteiger partial charge on any atom is 0.341 e. The minimum atomic E-state index is -1.04. The van der Waals surface area contributed by atoms with Gasteiger partial charge in [-0.2, -0.15) is 0 Å². The molecule has 1 unspecified atom stereocenters. The van der Waals surface area contributed by atoms with Crippen LogP contribution in [0.2, 0.25) is 0 Å². The predicted molar refractivity (Wildman–Crippen MR) is 39.4 cm³/mol. The molecule has 0 saturated carbocycles. The lowest BCUT2D eigenvalue weighted by atomic mass is 10.3. The van der Waals surface area contributed by atoms with Crippen LogP contribution >= 0.6 is 11.8 Å². The Morgan fingerprint density at radius 1 is 1.55 bits per heavy atom. The zero-order chi connectivity index (χ0) is 8.43. The first-order valence-corrected chi connectivity index (χ1v) is 3.82. The number of carboxylic acids is 2. The number of thioether (sulfide) groups is 1. The molecular formula is C6H6O4S. The molecule has 2 N–H and O–H groups in total. The van der Waals surface area contributed by atoms with E-state index >= 15 is 0 Å².